The maximum atomic E-state index is 12.7. The number of carbonyl (C=O) groups is 3. The highest BCUT2D eigenvalue weighted by Crippen LogP contribution is 2.29. The predicted octanol–water partition coefficient (Wildman–Crippen LogP) is 1.92. The molecule has 9 heteroatoms. The smallest absolute Gasteiger partial charge is 0.323 e. The first-order chi connectivity index (χ1) is 14.9. The van der Waals surface area contributed by atoms with Crippen molar-refractivity contribution in [2.24, 2.45) is 0 Å². The van der Waals surface area contributed by atoms with E-state index in [-0.39, 0.29) is 18.4 Å². The van der Waals surface area contributed by atoms with Gasteiger partial charge in [-0.1, -0.05) is 18.2 Å². The molecule has 1 atom stereocenters. The van der Waals surface area contributed by atoms with Crippen LogP contribution in [0.3, 0.4) is 0 Å². The van der Waals surface area contributed by atoms with Gasteiger partial charge in [0.15, 0.2) is 11.5 Å². The van der Waals surface area contributed by atoms with Gasteiger partial charge in [0.05, 0.1) is 25.6 Å². The second kappa shape index (κ2) is 9.84. The number of methoxy groups -OCH3 is 2. The molecule has 31 heavy (non-hydrogen) atoms. The molecule has 4 amide bonds. The molecule has 0 aliphatic carbocycles. The van der Waals surface area contributed by atoms with Crippen molar-refractivity contribution in [3.05, 3.63) is 48.0 Å². The third kappa shape index (κ3) is 5.25. The number of carbonyl (C=O) groups excluding carboxylic acids is 3. The van der Waals surface area contributed by atoms with Crippen LogP contribution in [0.15, 0.2) is 42.5 Å². The molecule has 1 aliphatic rings. The fraction of sp³-hybridized carbons (Fsp3) is 0.318. The number of para-hydroxylation sites is 2. The SMILES string of the molecule is COc1ccc(CCNC(=O)C(C)NC(=O)N2CC(=O)Nc3ccccc32)cc1OC. The van der Waals surface area contributed by atoms with Crippen molar-refractivity contribution in [3.8, 4) is 11.5 Å². The molecule has 0 saturated heterocycles. The molecule has 0 fully saturated rings. The van der Waals surface area contributed by atoms with Crippen LogP contribution < -0.4 is 30.3 Å². The number of anilines is 2. The van der Waals surface area contributed by atoms with Crippen LogP contribution in [0.5, 0.6) is 11.5 Å². The Balaban J connectivity index is 1.53. The Morgan fingerprint density at radius 2 is 1.87 bits per heavy atom. The first kappa shape index (κ1) is 21.9. The summed E-state index contributed by atoms with van der Waals surface area (Å²) in [5.41, 5.74) is 2.12. The van der Waals surface area contributed by atoms with Crippen LogP contribution in [0.2, 0.25) is 0 Å². The average Bonchev–Trinajstić information content (AvgIpc) is 2.78. The van der Waals surface area contributed by atoms with Crippen LogP contribution in [0.4, 0.5) is 16.2 Å². The molecule has 2 aromatic rings. The van der Waals surface area contributed by atoms with E-state index in [1.54, 1.807) is 45.4 Å². The lowest BCUT2D eigenvalue weighted by atomic mass is 10.1. The summed E-state index contributed by atoms with van der Waals surface area (Å²) in [7, 11) is 3.14. The van der Waals surface area contributed by atoms with Gasteiger partial charge in [-0.3, -0.25) is 14.5 Å². The summed E-state index contributed by atoms with van der Waals surface area (Å²) < 4.78 is 10.5. The van der Waals surface area contributed by atoms with Crippen molar-refractivity contribution >= 4 is 29.2 Å². The van der Waals surface area contributed by atoms with Crippen LogP contribution in [-0.2, 0) is 16.0 Å². The zero-order valence-electron chi connectivity index (χ0n) is 17.7. The largest absolute Gasteiger partial charge is 0.493 e. The number of urea groups is 1. The lowest BCUT2D eigenvalue weighted by Gasteiger charge is -2.30. The van der Waals surface area contributed by atoms with Crippen molar-refractivity contribution in [2.45, 2.75) is 19.4 Å². The Hall–Kier alpha value is -3.75. The van der Waals surface area contributed by atoms with Gasteiger partial charge >= 0.3 is 6.03 Å². The van der Waals surface area contributed by atoms with E-state index in [0.717, 1.165) is 5.56 Å². The van der Waals surface area contributed by atoms with E-state index in [0.29, 0.717) is 35.8 Å². The number of hydrogen-bond donors (Lipinski definition) is 3. The van der Waals surface area contributed by atoms with Gasteiger partial charge in [-0.25, -0.2) is 4.79 Å². The highest BCUT2D eigenvalue weighted by Gasteiger charge is 2.28. The van der Waals surface area contributed by atoms with E-state index in [9.17, 15) is 14.4 Å². The van der Waals surface area contributed by atoms with Crippen molar-refractivity contribution in [2.75, 3.05) is 37.5 Å². The van der Waals surface area contributed by atoms with Crippen molar-refractivity contribution in [3.63, 3.8) is 0 Å². The molecule has 164 valence electrons. The van der Waals surface area contributed by atoms with E-state index in [1.165, 1.54) is 4.90 Å². The molecule has 3 rings (SSSR count). The first-order valence-corrected chi connectivity index (χ1v) is 9.88. The van der Waals surface area contributed by atoms with Gasteiger partial charge in [0.1, 0.15) is 12.6 Å². The van der Waals surface area contributed by atoms with Crippen molar-refractivity contribution in [1.29, 1.82) is 0 Å². The van der Waals surface area contributed by atoms with Crippen LogP contribution in [0.1, 0.15) is 12.5 Å². The molecule has 0 bridgehead atoms. The van der Waals surface area contributed by atoms with Gasteiger partial charge in [0.25, 0.3) is 0 Å². The molecule has 1 heterocycles. The molecular weight excluding hydrogens is 400 g/mol. The van der Waals surface area contributed by atoms with E-state index >= 15 is 0 Å². The Bertz CT molecular complexity index is 978. The number of rotatable bonds is 7. The van der Waals surface area contributed by atoms with Crippen LogP contribution in [-0.4, -0.2) is 51.2 Å². The third-order valence-corrected chi connectivity index (χ3v) is 4.91. The fourth-order valence-corrected chi connectivity index (χ4v) is 3.26. The molecule has 0 saturated carbocycles. The van der Waals surface area contributed by atoms with Gasteiger partial charge in [-0.15, -0.1) is 0 Å². The number of ether oxygens (including phenoxy) is 2. The average molecular weight is 426 g/mol. The van der Waals surface area contributed by atoms with Crippen LogP contribution in [0.25, 0.3) is 0 Å². The summed E-state index contributed by atoms with van der Waals surface area (Å²) in [6.07, 6.45) is 0.590. The molecule has 2 aromatic carbocycles. The monoisotopic (exact) mass is 426 g/mol. The van der Waals surface area contributed by atoms with Crippen LogP contribution >= 0.6 is 0 Å². The number of nitrogens with one attached hydrogen (secondary N) is 3. The third-order valence-electron chi connectivity index (χ3n) is 4.91. The maximum absolute atomic E-state index is 12.7. The highest BCUT2D eigenvalue weighted by atomic mass is 16.5. The second-order valence-electron chi connectivity index (χ2n) is 7.05. The van der Waals surface area contributed by atoms with E-state index in [1.807, 2.05) is 18.2 Å². The van der Waals surface area contributed by atoms with Gasteiger partial charge in [-0.2, -0.15) is 0 Å². The molecule has 3 N–H and O–H groups in total. The fourth-order valence-electron chi connectivity index (χ4n) is 3.26. The zero-order valence-corrected chi connectivity index (χ0v) is 17.7. The van der Waals surface area contributed by atoms with Crippen molar-refractivity contribution in [1.82, 2.24) is 10.6 Å². The quantitative estimate of drug-likeness (QED) is 0.627. The molecule has 0 radical (unpaired) electrons. The van der Waals surface area contributed by atoms with Gasteiger partial charge in [-0.05, 0) is 43.2 Å². The van der Waals surface area contributed by atoms with Gasteiger partial charge in [0, 0.05) is 6.54 Å². The summed E-state index contributed by atoms with van der Waals surface area (Å²) in [6.45, 7) is 1.87. The molecule has 1 unspecified atom stereocenters. The summed E-state index contributed by atoms with van der Waals surface area (Å²) in [6, 6.07) is 11.3. The lowest BCUT2D eigenvalue weighted by molar-refractivity contribution is -0.122. The number of fused-ring (bicyclic) bond motifs is 1. The minimum atomic E-state index is -0.768. The van der Waals surface area contributed by atoms with Crippen molar-refractivity contribution < 1.29 is 23.9 Å². The standard InChI is InChI=1S/C22H26N4O5/c1-14(21(28)23-11-10-15-8-9-18(30-2)19(12-15)31-3)24-22(29)26-13-20(27)25-16-6-4-5-7-17(16)26/h4-9,12,14H,10-11,13H2,1-3H3,(H,23,28)(H,24,29)(H,25,27). The number of hydrogen-bond acceptors (Lipinski definition) is 5. The van der Waals surface area contributed by atoms with E-state index < -0.39 is 12.1 Å². The minimum Gasteiger partial charge on any atom is -0.493 e. The summed E-state index contributed by atoms with van der Waals surface area (Å²) >= 11 is 0. The minimum absolute atomic E-state index is 0.115. The van der Waals surface area contributed by atoms with E-state index in [4.69, 9.17) is 9.47 Å². The molecule has 0 aromatic heterocycles. The number of amides is 4. The predicted molar refractivity (Wildman–Crippen MR) is 117 cm³/mol. The van der Waals surface area contributed by atoms with E-state index in [2.05, 4.69) is 16.0 Å². The zero-order chi connectivity index (χ0) is 22.4. The molecule has 0 spiro atoms. The molecule has 1 aliphatic heterocycles. The van der Waals surface area contributed by atoms with Gasteiger partial charge in [0.2, 0.25) is 11.8 Å². The Morgan fingerprint density at radius 1 is 1.13 bits per heavy atom. The summed E-state index contributed by atoms with van der Waals surface area (Å²) in [4.78, 5) is 38.3. The lowest BCUT2D eigenvalue weighted by Crippen LogP contribution is -2.53. The Labute approximate surface area is 180 Å². The maximum Gasteiger partial charge on any atom is 0.323 e. The summed E-state index contributed by atoms with van der Waals surface area (Å²) in [5, 5.41) is 8.18. The van der Waals surface area contributed by atoms with Gasteiger partial charge < -0.3 is 25.4 Å². The normalized spacial score (nSPS) is 13.5. The second-order valence-corrected chi connectivity index (χ2v) is 7.05. The molecular formula is C22H26N4O5. The topological polar surface area (TPSA) is 109 Å². The van der Waals surface area contributed by atoms with Crippen LogP contribution in [0, 0.1) is 0 Å². The highest BCUT2D eigenvalue weighted by molar-refractivity contribution is 6.10. The Kier molecular flexibility index (Phi) is 6.96. The summed E-state index contributed by atoms with van der Waals surface area (Å²) in [5.74, 6) is 0.654. The first-order valence-electron chi connectivity index (χ1n) is 9.88. The number of benzene rings is 2. The number of nitrogens with zero attached hydrogens (tertiary/aromatic N) is 1. The Morgan fingerprint density at radius 3 is 2.61 bits per heavy atom. The molecule has 9 nitrogen and oxygen atoms in total.